The predicted octanol–water partition coefficient (Wildman–Crippen LogP) is 20.2. The van der Waals surface area contributed by atoms with Crippen LogP contribution in [-0.4, -0.2) is 83.1 Å². The van der Waals surface area contributed by atoms with Gasteiger partial charge in [0, 0.05) is 98.8 Å². The first-order valence-corrected chi connectivity index (χ1v) is 35.2. The average molecular weight is 1460 g/mol. The number of halogens is 3. The van der Waals surface area contributed by atoms with Gasteiger partial charge < -0.3 is 42.9 Å². The average Bonchev–Trinajstić information content (AvgIpc) is 1.56. The van der Waals surface area contributed by atoms with Crippen LogP contribution in [0.1, 0.15) is 170 Å². The lowest BCUT2D eigenvalue weighted by Gasteiger charge is -2.29. The lowest BCUT2D eigenvalue weighted by Crippen LogP contribution is -2.29. The number of aryl methyl sites for hydroxylation is 7. The Morgan fingerprint density at radius 1 is 0.471 bits per heavy atom. The fourth-order valence-electron chi connectivity index (χ4n) is 13.2. The van der Waals surface area contributed by atoms with Crippen molar-refractivity contribution in [2.45, 2.75) is 173 Å². The number of aromatic nitrogens is 6. The van der Waals surface area contributed by atoms with Crippen molar-refractivity contribution in [1.82, 2.24) is 29.1 Å². The molecule has 0 aliphatic heterocycles. The van der Waals surface area contributed by atoms with Gasteiger partial charge in [-0.2, -0.15) is 10.5 Å². The van der Waals surface area contributed by atoms with Crippen molar-refractivity contribution in [2.75, 3.05) is 14.2 Å². The molecule has 5 aromatic carbocycles. The second-order valence-electron chi connectivity index (χ2n) is 28.8. The van der Waals surface area contributed by atoms with E-state index in [-0.39, 0.29) is 0 Å². The van der Waals surface area contributed by atoms with Gasteiger partial charge in [0.15, 0.2) is 18.3 Å². The fraction of sp³-hybridized carbons (Fsp3) is 0.333. The first-order valence-electron chi connectivity index (χ1n) is 34.1. The minimum atomic E-state index is -1.22. The molecule has 2 N–H and O–H groups in total. The summed E-state index contributed by atoms with van der Waals surface area (Å²) in [6, 6.07) is 42.2. The van der Waals surface area contributed by atoms with Gasteiger partial charge in [0.05, 0.1) is 67.4 Å². The number of nitrogens with one attached hydrogen (secondary N) is 1. The molecular formula is C84H89Cl3N8O9. The van der Waals surface area contributed by atoms with Gasteiger partial charge in [0.2, 0.25) is 0 Å². The molecule has 0 amide bonds. The van der Waals surface area contributed by atoms with E-state index in [1.165, 1.54) is 14.2 Å². The molecule has 20 heteroatoms. The largest absolute Gasteiger partial charge is 0.479 e. The second-order valence-corrected chi connectivity index (χ2v) is 30.1. The Labute approximate surface area is 623 Å². The Kier molecular flexibility index (Phi) is 23.9. The normalized spacial score (nSPS) is 12.6. The van der Waals surface area contributed by atoms with Crippen LogP contribution < -0.4 is 0 Å². The smallest absolute Gasteiger partial charge is 0.339 e. The molecule has 0 aliphatic carbocycles. The quantitative estimate of drug-likeness (QED) is 0.0858. The number of esters is 2. The Hall–Kier alpha value is -9.69. The maximum absolute atomic E-state index is 13.2. The number of methoxy groups -OCH3 is 2. The van der Waals surface area contributed by atoms with E-state index in [0.717, 1.165) is 111 Å². The molecule has 0 fully saturated rings. The summed E-state index contributed by atoms with van der Waals surface area (Å²) in [7, 11) is 2.74. The maximum atomic E-state index is 13.2. The highest BCUT2D eigenvalue weighted by Crippen LogP contribution is 2.47. The third kappa shape index (κ3) is 16.9. The Bertz CT molecular complexity index is 5170. The van der Waals surface area contributed by atoms with E-state index in [1.807, 2.05) is 214 Å². The molecular weight excluding hydrogens is 1370 g/mol. The molecule has 6 aromatic heterocycles. The van der Waals surface area contributed by atoms with E-state index >= 15 is 0 Å². The van der Waals surface area contributed by atoms with Crippen LogP contribution in [0.15, 0.2) is 121 Å². The van der Waals surface area contributed by atoms with Crippen LogP contribution in [0.4, 0.5) is 0 Å². The molecule has 0 spiro atoms. The zero-order valence-electron chi connectivity index (χ0n) is 62.7. The van der Waals surface area contributed by atoms with Crippen LogP contribution in [0, 0.1) is 85.0 Å². The molecule has 11 aromatic rings. The van der Waals surface area contributed by atoms with E-state index < -0.39 is 53.0 Å². The SMILES string of the molecule is COC(=O)C(OC(C)(C)C)c1c(C)nc2[nH]c(C)c(C)c2c1-c1ccc(Cl)cc1.COC(=O)C(OC(C)(C)C)c1c(C)nc2c(c(C)c(C)n2Cc2ccccc2C#N)c1-c1ccc(Cl)cc1.Cc1nc2c(c(C)c(C)n2Cc2ccccc2C#N)c(-c2ccc(Cl)cc2)c1C(OC(C)(C)C)C(=O)O. The first-order chi connectivity index (χ1) is 48.9. The van der Waals surface area contributed by atoms with E-state index in [0.29, 0.717) is 73.1 Å². The molecule has 3 unspecified atom stereocenters. The lowest BCUT2D eigenvalue weighted by molar-refractivity contribution is -0.164. The molecule has 0 radical (unpaired) electrons. The van der Waals surface area contributed by atoms with Gasteiger partial charge in [-0.05, 0) is 218 Å². The highest BCUT2D eigenvalue weighted by Gasteiger charge is 2.38. The van der Waals surface area contributed by atoms with Crippen molar-refractivity contribution in [2.24, 2.45) is 0 Å². The lowest BCUT2D eigenvalue weighted by atomic mass is 9.91. The monoisotopic (exact) mass is 1460 g/mol. The molecule has 540 valence electrons. The number of hydrogen-bond acceptors (Lipinski definition) is 13. The van der Waals surface area contributed by atoms with E-state index in [2.05, 4.69) is 40.1 Å². The summed E-state index contributed by atoms with van der Waals surface area (Å²) >= 11 is 18.6. The van der Waals surface area contributed by atoms with Crippen LogP contribution in [0.3, 0.4) is 0 Å². The molecule has 0 bridgehead atoms. The Morgan fingerprint density at radius 2 is 0.788 bits per heavy atom. The number of aliphatic carboxylic acids is 1. The fourth-order valence-corrected chi connectivity index (χ4v) is 13.5. The second kappa shape index (κ2) is 31.7. The van der Waals surface area contributed by atoms with Gasteiger partial charge in [-0.15, -0.1) is 0 Å². The zero-order chi connectivity index (χ0) is 76.4. The molecule has 104 heavy (non-hydrogen) atoms. The third-order valence-corrected chi connectivity index (χ3v) is 19.0. The van der Waals surface area contributed by atoms with Crippen LogP contribution in [0.2, 0.25) is 15.1 Å². The number of rotatable bonds is 16. The predicted molar refractivity (Wildman–Crippen MR) is 412 cm³/mol. The van der Waals surface area contributed by atoms with Crippen LogP contribution in [0.25, 0.3) is 66.5 Å². The highest BCUT2D eigenvalue weighted by atomic mass is 35.5. The van der Waals surface area contributed by atoms with Crippen molar-refractivity contribution in [1.29, 1.82) is 10.5 Å². The highest BCUT2D eigenvalue weighted by molar-refractivity contribution is 6.31. The number of nitrogens with zero attached hydrogens (tertiary/aromatic N) is 7. The number of H-pyrrole nitrogens is 1. The van der Waals surface area contributed by atoms with E-state index in [4.69, 9.17) is 73.4 Å². The Morgan fingerprint density at radius 3 is 1.12 bits per heavy atom. The number of carbonyl (C=O) groups is 3. The number of aromatic amines is 1. The van der Waals surface area contributed by atoms with Gasteiger partial charge in [0.25, 0.3) is 0 Å². The standard InChI is InChI=1S/C31H32ClN3O3.C30H30ClN3O3.C23H27ClN2O3/c1-18-20(3)35(17-23-11-9-8-10-22(23)16-33)29-25(18)27(21-12-14-24(32)15-13-21)26(19(2)34-29)28(30(36)37-7)38-31(4,5)6;1-17-19(3)34(16-22-10-8-7-9-21(22)15-32)28-24(17)26(20-11-13-23(31)14-12-20)25(18(2)33-28)27(29(35)36)37-30(4,5)6;1-12-13(2)25-21-17(12)19(15-8-10-16(24)11-9-15)18(14(3)26-21)20(22(27)28-7)29-23(4,5)6/h8-15,28H,17H2,1-7H3;7-14,27H,16H2,1-6H3,(H,35,36);8-11,20H,1-7H3,(H,25,26). The maximum Gasteiger partial charge on any atom is 0.339 e. The minimum Gasteiger partial charge on any atom is -0.479 e. The summed E-state index contributed by atoms with van der Waals surface area (Å²) in [6.45, 7) is 35.7. The third-order valence-electron chi connectivity index (χ3n) is 18.2. The number of carboxylic acid groups (broad SMARTS) is 1. The number of carboxylic acids is 1. The van der Waals surface area contributed by atoms with Crippen LogP contribution >= 0.6 is 34.8 Å². The topological polar surface area (TPSA) is 229 Å². The molecule has 0 saturated carbocycles. The summed E-state index contributed by atoms with van der Waals surface area (Å²) in [5, 5.41) is 34.2. The summed E-state index contributed by atoms with van der Waals surface area (Å²) in [4.78, 5) is 56.6. The number of benzene rings is 5. The summed E-state index contributed by atoms with van der Waals surface area (Å²) < 4.78 is 33.1. The van der Waals surface area contributed by atoms with Gasteiger partial charge in [0.1, 0.15) is 16.9 Å². The van der Waals surface area contributed by atoms with Crippen molar-refractivity contribution >= 4 is 85.8 Å². The summed E-state index contributed by atoms with van der Waals surface area (Å²) in [5.41, 5.74) is 18.7. The van der Waals surface area contributed by atoms with Gasteiger partial charge >= 0.3 is 17.9 Å². The van der Waals surface area contributed by atoms with Gasteiger partial charge in [-0.3, -0.25) is 0 Å². The van der Waals surface area contributed by atoms with Crippen LogP contribution in [0.5, 0.6) is 0 Å². The number of pyridine rings is 3. The molecule has 0 saturated heterocycles. The number of ether oxygens (including phenoxy) is 5. The van der Waals surface area contributed by atoms with Crippen molar-refractivity contribution in [3.63, 3.8) is 0 Å². The van der Waals surface area contributed by atoms with E-state index in [9.17, 15) is 30.0 Å². The van der Waals surface area contributed by atoms with Crippen molar-refractivity contribution in [3.05, 3.63) is 226 Å². The van der Waals surface area contributed by atoms with Crippen molar-refractivity contribution in [3.8, 4) is 45.5 Å². The number of fused-ring (bicyclic) bond motifs is 3. The molecule has 11 rings (SSSR count). The number of hydrogen-bond donors (Lipinski definition) is 2. The summed E-state index contributed by atoms with van der Waals surface area (Å²) in [6.07, 6.45) is -3.10. The van der Waals surface area contributed by atoms with Gasteiger partial charge in [-0.25, -0.2) is 29.3 Å². The molecule has 0 aliphatic rings. The number of carbonyl (C=O) groups excluding carboxylic acids is 2. The van der Waals surface area contributed by atoms with Crippen molar-refractivity contribution < 1.29 is 43.2 Å². The number of nitriles is 2. The molecule has 3 atom stereocenters. The van der Waals surface area contributed by atoms with Crippen LogP contribution in [-0.2, 0) is 51.2 Å². The summed E-state index contributed by atoms with van der Waals surface area (Å²) in [5.74, 6) is -2.02. The first kappa shape index (κ1) is 78.4. The molecule has 17 nitrogen and oxygen atoms in total. The molecule has 6 heterocycles. The van der Waals surface area contributed by atoms with E-state index in [1.54, 1.807) is 18.2 Å². The zero-order valence-corrected chi connectivity index (χ0v) is 64.9. The minimum absolute atomic E-state index is 0.454. The van der Waals surface area contributed by atoms with Gasteiger partial charge in [-0.1, -0.05) is 108 Å². The Balaban J connectivity index is 0.000000183.